The van der Waals surface area contributed by atoms with Crippen LogP contribution in [0.15, 0.2) is 12.7 Å². The van der Waals surface area contributed by atoms with Gasteiger partial charge in [0, 0.05) is 26.4 Å². The lowest BCUT2D eigenvalue weighted by atomic mass is 10.1. The number of carboxylic acids is 1. The van der Waals surface area contributed by atoms with E-state index in [9.17, 15) is 23.5 Å². The van der Waals surface area contributed by atoms with Crippen molar-refractivity contribution in [3.05, 3.63) is 12.7 Å². The fourth-order valence-corrected chi connectivity index (χ4v) is 2.59. The number of likely N-dealkylation sites (tertiary alicyclic amines) is 1. The molecule has 0 aromatic rings. The number of likely N-dealkylation sites (N-methyl/N-ethyl adjacent to an activating group) is 1. The number of hydrogen-bond acceptors (Lipinski definition) is 4. The van der Waals surface area contributed by atoms with E-state index in [0.717, 1.165) is 4.90 Å². The summed E-state index contributed by atoms with van der Waals surface area (Å²) in [5, 5.41) is 11.2. The maximum Gasteiger partial charge on any atom is 0.260 e. The normalized spacial score (nSPS) is 19.4. The smallest absolute Gasteiger partial charge is 0.260 e. The van der Waals surface area contributed by atoms with Crippen molar-refractivity contribution >= 4 is 11.9 Å². The predicted octanol–water partition coefficient (Wildman–Crippen LogP) is 0.651. The molecular weight excluding hydrogens is 294 g/mol. The van der Waals surface area contributed by atoms with E-state index in [1.807, 2.05) is 0 Å². The number of carbonyl (C=O) groups is 2. The Labute approximate surface area is 129 Å². The van der Waals surface area contributed by atoms with Gasteiger partial charge in [-0.05, 0) is 25.8 Å². The molecule has 0 bridgehead atoms. The van der Waals surface area contributed by atoms with E-state index >= 15 is 0 Å². The van der Waals surface area contributed by atoms with Crippen molar-refractivity contribution in [1.82, 2.24) is 9.80 Å². The summed E-state index contributed by atoms with van der Waals surface area (Å²) < 4.78 is 26.6. The fraction of sp³-hybridized carbons (Fsp3) is 0.733. The van der Waals surface area contributed by atoms with E-state index in [0.29, 0.717) is 19.4 Å². The predicted molar refractivity (Wildman–Crippen MR) is 76.2 cm³/mol. The third-order valence-electron chi connectivity index (χ3n) is 3.89. The summed E-state index contributed by atoms with van der Waals surface area (Å²) >= 11 is 0. The number of hydrogen-bond donors (Lipinski definition) is 0. The highest BCUT2D eigenvalue weighted by Crippen LogP contribution is 2.26. The van der Waals surface area contributed by atoms with Crippen molar-refractivity contribution in [2.45, 2.75) is 44.1 Å². The van der Waals surface area contributed by atoms with Gasteiger partial charge in [-0.1, -0.05) is 6.08 Å². The molecule has 1 heterocycles. The quantitative estimate of drug-likeness (QED) is 0.617. The van der Waals surface area contributed by atoms with Crippen LogP contribution in [0.4, 0.5) is 8.78 Å². The molecule has 0 aliphatic carbocycles. The number of aliphatic carboxylic acids is 1. The molecule has 1 atom stereocenters. The van der Waals surface area contributed by atoms with Crippen molar-refractivity contribution in [1.29, 1.82) is 0 Å². The van der Waals surface area contributed by atoms with Gasteiger partial charge < -0.3 is 14.8 Å². The molecule has 7 heteroatoms. The Balaban J connectivity index is 2.55. The number of carboxylic acid groups (broad SMARTS) is 1. The van der Waals surface area contributed by atoms with Gasteiger partial charge in [-0.3, -0.25) is 9.69 Å². The van der Waals surface area contributed by atoms with Crippen LogP contribution in [0, 0.1) is 0 Å². The molecule has 0 N–H and O–H groups in total. The number of amides is 1. The van der Waals surface area contributed by atoms with Crippen LogP contribution >= 0.6 is 0 Å². The zero-order chi connectivity index (χ0) is 16.8. The average molecular weight is 317 g/mol. The molecule has 0 unspecified atom stereocenters. The first kappa shape index (κ1) is 18.5. The van der Waals surface area contributed by atoms with Gasteiger partial charge in [-0.25, -0.2) is 8.78 Å². The summed E-state index contributed by atoms with van der Waals surface area (Å²) in [5.74, 6) is -4.41. The number of allylic oxidation sites excluding steroid dienone is 1. The van der Waals surface area contributed by atoms with Crippen molar-refractivity contribution < 1.29 is 23.5 Å². The Morgan fingerprint density at radius 3 is 2.73 bits per heavy atom. The van der Waals surface area contributed by atoms with Crippen molar-refractivity contribution in [3.8, 4) is 0 Å². The second-order valence-electron chi connectivity index (χ2n) is 5.69. The summed E-state index contributed by atoms with van der Waals surface area (Å²) in [4.78, 5) is 25.8. The number of halogens is 2. The lowest BCUT2D eigenvalue weighted by Crippen LogP contribution is -2.51. The summed E-state index contributed by atoms with van der Waals surface area (Å²) in [6.07, 6.45) is 2.54. The molecule has 1 rings (SSSR count). The Morgan fingerprint density at radius 1 is 1.50 bits per heavy atom. The summed E-state index contributed by atoms with van der Waals surface area (Å²) in [5.41, 5.74) is 0. The Morgan fingerprint density at radius 2 is 2.18 bits per heavy atom. The van der Waals surface area contributed by atoms with E-state index in [-0.39, 0.29) is 38.3 Å². The Kier molecular flexibility index (Phi) is 6.93. The molecular formula is C15H23F2N2O3-. The molecule has 0 spiro atoms. The minimum absolute atomic E-state index is 0.0781. The van der Waals surface area contributed by atoms with E-state index in [1.54, 1.807) is 11.0 Å². The molecule has 22 heavy (non-hydrogen) atoms. The lowest BCUT2D eigenvalue weighted by molar-refractivity contribution is -0.311. The fourth-order valence-electron chi connectivity index (χ4n) is 2.59. The minimum Gasteiger partial charge on any atom is -0.548 e. The molecule has 1 aliphatic rings. The number of nitrogens with zero attached hydrogens (tertiary/aromatic N) is 2. The van der Waals surface area contributed by atoms with Gasteiger partial charge in [-0.2, -0.15) is 0 Å². The molecule has 0 aromatic carbocycles. The molecule has 0 aromatic heterocycles. The number of rotatable bonds is 8. The second kappa shape index (κ2) is 8.22. The zero-order valence-corrected chi connectivity index (χ0v) is 12.9. The van der Waals surface area contributed by atoms with E-state index in [4.69, 9.17) is 0 Å². The van der Waals surface area contributed by atoms with E-state index in [1.165, 1.54) is 7.05 Å². The van der Waals surface area contributed by atoms with Gasteiger partial charge in [0.05, 0.1) is 18.6 Å². The Bertz CT molecular complexity index is 416. The first-order valence-electron chi connectivity index (χ1n) is 7.44. The minimum atomic E-state index is -2.72. The third-order valence-corrected chi connectivity index (χ3v) is 3.89. The summed E-state index contributed by atoms with van der Waals surface area (Å²) in [6.45, 7) is 3.86. The van der Waals surface area contributed by atoms with Gasteiger partial charge in [0.15, 0.2) is 0 Å². The highest BCUT2D eigenvalue weighted by molar-refractivity contribution is 5.82. The largest absolute Gasteiger partial charge is 0.548 e. The number of alkyl halides is 2. The molecule has 0 radical (unpaired) electrons. The average Bonchev–Trinajstić information content (AvgIpc) is 2.43. The van der Waals surface area contributed by atoms with E-state index in [2.05, 4.69) is 6.58 Å². The van der Waals surface area contributed by atoms with Crippen LogP contribution in [-0.2, 0) is 9.59 Å². The van der Waals surface area contributed by atoms with Gasteiger partial charge in [-0.15, -0.1) is 6.58 Å². The van der Waals surface area contributed by atoms with Crippen LogP contribution in [0.2, 0.25) is 0 Å². The second-order valence-corrected chi connectivity index (χ2v) is 5.69. The van der Waals surface area contributed by atoms with Crippen molar-refractivity contribution in [2.24, 2.45) is 0 Å². The monoisotopic (exact) mass is 317 g/mol. The molecule has 1 amide bonds. The lowest BCUT2D eigenvalue weighted by Gasteiger charge is -2.35. The van der Waals surface area contributed by atoms with Crippen LogP contribution in [0.25, 0.3) is 0 Å². The van der Waals surface area contributed by atoms with Crippen LogP contribution in [0.5, 0.6) is 0 Å². The molecule has 1 aliphatic heterocycles. The van der Waals surface area contributed by atoms with Crippen LogP contribution < -0.4 is 5.11 Å². The highest BCUT2D eigenvalue weighted by atomic mass is 19.3. The zero-order valence-electron chi connectivity index (χ0n) is 12.9. The SMILES string of the molecule is C=CCCC(=O)N(C)[C@@H](CCN1CCCC(F)(F)C1)C(=O)[O-]. The first-order chi connectivity index (χ1) is 10.3. The van der Waals surface area contributed by atoms with Crippen LogP contribution in [0.1, 0.15) is 32.1 Å². The first-order valence-corrected chi connectivity index (χ1v) is 7.44. The van der Waals surface area contributed by atoms with Gasteiger partial charge in [0.25, 0.3) is 5.92 Å². The molecule has 1 fully saturated rings. The van der Waals surface area contributed by atoms with Gasteiger partial charge in [0.2, 0.25) is 5.91 Å². The van der Waals surface area contributed by atoms with Crippen LogP contribution in [-0.4, -0.2) is 60.3 Å². The number of carbonyl (C=O) groups excluding carboxylic acids is 2. The topological polar surface area (TPSA) is 63.7 Å². The van der Waals surface area contributed by atoms with Crippen molar-refractivity contribution in [3.63, 3.8) is 0 Å². The third kappa shape index (κ3) is 5.71. The van der Waals surface area contributed by atoms with Crippen LogP contribution in [0.3, 0.4) is 0 Å². The van der Waals surface area contributed by atoms with Gasteiger partial charge >= 0.3 is 0 Å². The molecule has 1 saturated heterocycles. The summed E-state index contributed by atoms with van der Waals surface area (Å²) in [7, 11) is 1.40. The highest BCUT2D eigenvalue weighted by Gasteiger charge is 2.35. The maximum atomic E-state index is 13.3. The number of piperidine rings is 1. The summed E-state index contributed by atoms with van der Waals surface area (Å²) in [6, 6.07) is -1.10. The molecule has 0 saturated carbocycles. The van der Waals surface area contributed by atoms with Gasteiger partial charge in [0.1, 0.15) is 0 Å². The van der Waals surface area contributed by atoms with Crippen molar-refractivity contribution in [2.75, 3.05) is 26.7 Å². The standard InChI is InChI=1S/C15H24F2N2O3/c1-3-4-6-13(20)18(2)12(14(21)22)7-10-19-9-5-8-15(16,17)11-19/h3,12H,1,4-11H2,2H3,(H,21,22)/p-1/t12-/m0/s1. The maximum absolute atomic E-state index is 13.3. The molecule has 126 valence electrons. The molecule has 5 nitrogen and oxygen atoms in total. The van der Waals surface area contributed by atoms with E-state index < -0.39 is 17.9 Å². The Hall–Kier alpha value is -1.50.